The largest absolute Gasteiger partial charge is 0.455 e. The molecule has 2 heterocycles. The molecule has 53 heavy (non-hydrogen) atoms. The molecule has 1 N–H and O–H groups in total. The molecule has 1 atom stereocenters. The number of hydrogen-bond acceptors (Lipinski definition) is 4. The molecule has 0 amide bonds. The molecule has 10 aromatic rings. The number of rotatable bonds is 4. The number of nitrogens with one attached hydrogen (secondary N) is 1. The van der Waals surface area contributed by atoms with E-state index < -0.39 is 0 Å². The van der Waals surface area contributed by atoms with Gasteiger partial charge in [-0.05, 0) is 90.6 Å². The van der Waals surface area contributed by atoms with Crippen LogP contribution < -0.4 is 5.32 Å². The first-order valence-electron chi connectivity index (χ1n) is 18.0. The van der Waals surface area contributed by atoms with Gasteiger partial charge in [-0.15, -0.1) is 0 Å². The molecular weight excluding hydrogens is 647 g/mol. The van der Waals surface area contributed by atoms with E-state index in [-0.39, 0.29) is 6.17 Å². The molecule has 0 spiro atoms. The van der Waals surface area contributed by atoms with Crippen LogP contribution in [-0.4, -0.2) is 11.7 Å². The first-order valence-corrected chi connectivity index (χ1v) is 18.0. The summed E-state index contributed by atoms with van der Waals surface area (Å²) >= 11 is 0. The van der Waals surface area contributed by atoms with E-state index in [1.54, 1.807) is 0 Å². The SMILES string of the molecule is c1ccc2cc(C3=NC(c4ccc(-c5ccc6ccc7ccccc7c6c5)c5oc6ccccc6c45)=NC(c4ccc5ccccc5c4)N3)ccc2c1. The normalized spacial score (nSPS) is 14.6. The van der Waals surface area contributed by atoms with Gasteiger partial charge in [-0.1, -0.05) is 140 Å². The van der Waals surface area contributed by atoms with Gasteiger partial charge >= 0.3 is 0 Å². The first kappa shape index (κ1) is 29.7. The van der Waals surface area contributed by atoms with Gasteiger partial charge in [0.25, 0.3) is 0 Å². The molecule has 0 saturated carbocycles. The molecule has 9 aromatic carbocycles. The first-order chi connectivity index (χ1) is 26.2. The summed E-state index contributed by atoms with van der Waals surface area (Å²) in [6.07, 6.45) is -0.352. The van der Waals surface area contributed by atoms with E-state index in [0.717, 1.165) is 61.0 Å². The molecular formula is C49H31N3O. The van der Waals surface area contributed by atoms with Crippen LogP contribution in [0.15, 0.2) is 190 Å². The third-order valence-electron chi connectivity index (χ3n) is 10.7. The minimum Gasteiger partial charge on any atom is -0.455 e. The third kappa shape index (κ3) is 4.91. The van der Waals surface area contributed by atoms with Crippen molar-refractivity contribution in [1.82, 2.24) is 5.32 Å². The molecule has 1 aliphatic rings. The number of aliphatic imine (C=N–C) groups is 2. The fraction of sp³-hybridized carbons (Fsp3) is 0.0204. The van der Waals surface area contributed by atoms with E-state index in [4.69, 9.17) is 14.4 Å². The van der Waals surface area contributed by atoms with E-state index >= 15 is 0 Å². The monoisotopic (exact) mass is 677 g/mol. The average Bonchev–Trinajstić information content (AvgIpc) is 3.62. The summed E-state index contributed by atoms with van der Waals surface area (Å²) in [5, 5.41) is 15.4. The Balaban J connectivity index is 1.13. The van der Waals surface area contributed by atoms with E-state index in [1.807, 2.05) is 12.1 Å². The van der Waals surface area contributed by atoms with Crippen molar-refractivity contribution in [2.45, 2.75) is 6.17 Å². The Morgan fingerprint density at radius 1 is 0.453 bits per heavy atom. The van der Waals surface area contributed by atoms with E-state index in [1.165, 1.54) is 37.7 Å². The predicted octanol–water partition coefficient (Wildman–Crippen LogP) is 12.4. The van der Waals surface area contributed by atoms with Crippen molar-refractivity contribution in [2.75, 3.05) is 0 Å². The molecule has 4 nitrogen and oxygen atoms in total. The number of hydrogen-bond donors (Lipinski definition) is 1. The minimum absolute atomic E-state index is 0.352. The Hall–Kier alpha value is -7.04. The van der Waals surface area contributed by atoms with Crippen LogP contribution in [0.2, 0.25) is 0 Å². The lowest BCUT2D eigenvalue weighted by molar-refractivity contribution is 0.669. The van der Waals surface area contributed by atoms with Gasteiger partial charge in [0.15, 0.2) is 5.84 Å². The molecule has 0 fully saturated rings. The van der Waals surface area contributed by atoms with Gasteiger partial charge in [0.1, 0.15) is 23.2 Å². The zero-order valence-corrected chi connectivity index (χ0v) is 28.6. The molecule has 1 aromatic heterocycles. The van der Waals surface area contributed by atoms with Crippen LogP contribution in [0, 0.1) is 0 Å². The van der Waals surface area contributed by atoms with Crippen LogP contribution >= 0.6 is 0 Å². The summed E-state index contributed by atoms with van der Waals surface area (Å²) in [6, 6.07) is 62.3. The van der Waals surface area contributed by atoms with Crippen molar-refractivity contribution in [3.8, 4) is 11.1 Å². The number of para-hydroxylation sites is 1. The average molecular weight is 678 g/mol. The van der Waals surface area contributed by atoms with Gasteiger partial charge in [0.2, 0.25) is 0 Å². The Morgan fingerprint density at radius 2 is 1.06 bits per heavy atom. The quantitative estimate of drug-likeness (QED) is 0.189. The molecule has 4 heteroatoms. The van der Waals surface area contributed by atoms with Crippen molar-refractivity contribution in [3.63, 3.8) is 0 Å². The smallest absolute Gasteiger partial charge is 0.160 e. The summed E-state index contributed by atoms with van der Waals surface area (Å²) in [4.78, 5) is 10.7. The van der Waals surface area contributed by atoms with Crippen LogP contribution in [0.3, 0.4) is 0 Å². The maximum absolute atomic E-state index is 6.77. The van der Waals surface area contributed by atoms with Gasteiger partial charge < -0.3 is 9.73 Å². The molecule has 0 aliphatic carbocycles. The minimum atomic E-state index is -0.352. The van der Waals surface area contributed by atoms with Crippen molar-refractivity contribution in [3.05, 3.63) is 193 Å². The zero-order chi connectivity index (χ0) is 34.9. The van der Waals surface area contributed by atoms with Crippen LogP contribution in [0.1, 0.15) is 22.9 Å². The highest BCUT2D eigenvalue weighted by Crippen LogP contribution is 2.40. The lowest BCUT2D eigenvalue weighted by Gasteiger charge is -2.24. The molecule has 0 radical (unpaired) electrons. The number of amidine groups is 2. The topological polar surface area (TPSA) is 49.9 Å². The molecule has 11 rings (SSSR count). The lowest BCUT2D eigenvalue weighted by atomic mass is 9.94. The Labute approximate surface area is 305 Å². The highest BCUT2D eigenvalue weighted by atomic mass is 16.3. The van der Waals surface area contributed by atoms with Gasteiger partial charge in [0.05, 0.1) is 0 Å². The molecule has 1 unspecified atom stereocenters. The number of fused-ring (bicyclic) bond motifs is 8. The summed E-state index contributed by atoms with van der Waals surface area (Å²) in [5.41, 5.74) is 6.82. The van der Waals surface area contributed by atoms with E-state index in [2.05, 4.69) is 169 Å². The summed E-state index contributed by atoms with van der Waals surface area (Å²) in [6.45, 7) is 0. The second kappa shape index (κ2) is 11.8. The van der Waals surface area contributed by atoms with Crippen LogP contribution in [0.25, 0.3) is 76.2 Å². The zero-order valence-electron chi connectivity index (χ0n) is 28.6. The standard InChI is InChI=1S/C49H31N3O/c1-3-12-34-27-37(23-17-30(34)9-1)47-50-48(38-24-18-31-10-2-4-13-35(31)28-38)52-49(51-47)42-26-25-40(46-45(42)41-15-7-8-16-44(41)53-46)36-22-21-33-20-19-32-11-5-6-14-39(32)43(33)29-36/h1-29,47H,(H,50,51,52). The van der Waals surface area contributed by atoms with Crippen LogP contribution in [0.5, 0.6) is 0 Å². The van der Waals surface area contributed by atoms with E-state index in [0.29, 0.717) is 5.84 Å². The van der Waals surface area contributed by atoms with Gasteiger partial charge in [-0.3, -0.25) is 0 Å². The van der Waals surface area contributed by atoms with Crippen molar-refractivity contribution in [1.29, 1.82) is 0 Å². The lowest BCUT2D eigenvalue weighted by Crippen LogP contribution is -2.33. The maximum Gasteiger partial charge on any atom is 0.160 e. The van der Waals surface area contributed by atoms with Crippen molar-refractivity contribution < 1.29 is 4.42 Å². The number of furan rings is 1. The van der Waals surface area contributed by atoms with Crippen molar-refractivity contribution >= 4 is 76.7 Å². The Bertz CT molecular complexity index is 3170. The third-order valence-corrected chi connectivity index (χ3v) is 10.7. The van der Waals surface area contributed by atoms with E-state index in [9.17, 15) is 0 Å². The molecule has 248 valence electrons. The summed E-state index contributed by atoms with van der Waals surface area (Å²) in [5.74, 6) is 1.45. The van der Waals surface area contributed by atoms with Gasteiger partial charge in [-0.2, -0.15) is 0 Å². The molecule has 1 aliphatic heterocycles. The fourth-order valence-electron chi connectivity index (χ4n) is 8.01. The van der Waals surface area contributed by atoms with Crippen molar-refractivity contribution in [2.24, 2.45) is 9.98 Å². The fourth-order valence-corrected chi connectivity index (χ4v) is 8.01. The molecule has 0 bridgehead atoms. The number of benzene rings is 9. The van der Waals surface area contributed by atoms with Crippen LogP contribution in [-0.2, 0) is 0 Å². The highest BCUT2D eigenvalue weighted by Gasteiger charge is 2.25. The van der Waals surface area contributed by atoms with Gasteiger partial charge in [0, 0.05) is 27.5 Å². The highest BCUT2D eigenvalue weighted by molar-refractivity contribution is 6.24. The summed E-state index contributed by atoms with van der Waals surface area (Å²) in [7, 11) is 0. The second-order valence-electron chi connectivity index (χ2n) is 13.8. The number of nitrogens with zero attached hydrogens (tertiary/aromatic N) is 2. The summed E-state index contributed by atoms with van der Waals surface area (Å²) < 4.78 is 6.77. The Kier molecular flexibility index (Phi) is 6.58. The Morgan fingerprint density at radius 3 is 1.89 bits per heavy atom. The predicted molar refractivity (Wildman–Crippen MR) is 221 cm³/mol. The molecule has 0 saturated heterocycles. The van der Waals surface area contributed by atoms with Crippen LogP contribution in [0.4, 0.5) is 0 Å². The maximum atomic E-state index is 6.77. The second-order valence-corrected chi connectivity index (χ2v) is 13.8. The van der Waals surface area contributed by atoms with Gasteiger partial charge in [-0.25, -0.2) is 9.98 Å².